The number of carbonyl (C=O) groups excluding carboxylic acids is 2. The van der Waals surface area contributed by atoms with Gasteiger partial charge in [-0.05, 0) is 31.5 Å². The number of hydrogen-bond acceptors (Lipinski definition) is 3. The Hall–Kier alpha value is -2.83. The van der Waals surface area contributed by atoms with Gasteiger partial charge in [-0.3, -0.25) is 9.48 Å². The van der Waals surface area contributed by atoms with Crippen molar-refractivity contribution in [2.45, 2.75) is 32.9 Å². The summed E-state index contributed by atoms with van der Waals surface area (Å²) in [6.07, 6.45) is 3.59. The second-order valence-electron chi connectivity index (χ2n) is 5.82. The fraction of sp³-hybridized carbons (Fsp3) is 0.353. The first-order valence-corrected chi connectivity index (χ1v) is 7.78. The van der Waals surface area contributed by atoms with Crippen LogP contribution in [0.4, 0.5) is 10.5 Å². The van der Waals surface area contributed by atoms with Crippen LogP contribution >= 0.6 is 0 Å². The molecular weight excluding hydrogens is 306 g/mol. The summed E-state index contributed by atoms with van der Waals surface area (Å²) in [5.74, 6) is -0.129. The van der Waals surface area contributed by atoms with Crippen molar-refractivity contribution >= 4 is 17.6 Å². The van der Waals surface area contributed by atoms with Gasteiger partial charge in [-0.1, -0.05) is 12.1 Å². The number of amides is 3. The molecule has 0 saturated carbocycles. The highest BCUT2D eigenvalue weighted by Gasteiger charge is 2.14. The van der Waals surface area contributed by atoms with E-state index in [9.17, 15) is 9.59 Å². The molecule has 1 aromatic heterocycles. The average Bonchev–Trinajstić information content (AvgIpc) is 2.93. The van der Waals surface area contributed by atoms with E-state index < -0.39 is 0 Å². The summed E-state index contributed by atoms with van der Waals surface area (Å²) in [7, 11) is 1.83. The average molecular weight is 329 g/mol. The molecule has 0 aliphatic heterocycles. The molecule has 7 heteroatoms. The Morgan fingerprint density at radius 1 is 1.12 bits per heavy atom. The second kappa shape index (κ2) is 7.63. The number of anilines is 1. The predicted molar refractivity (Wildman–Crippen MR) is 92.5 cm³/mol. The van der Waals surface area contributed by atoms with Gasteiger partial charge in [0.25, 0.3) is 0 Å². The first-order chi connectivity index (χ1) is 11.3. The van der Waals surface area contributed by atoms with Crippen molar-refractivity contribution in [1.82, 2.24) is 20.4 Å². The van der Waals surface area contributed by atoms with E-state index in [1.165, 1.54) is 6.92 Å². The van der Waals surface area contributed by atoms with Crippen molar-refractivity contribution in [2.24, 2.45) is 7.05 Å². The molecular formula is C17H23N5O2. The summed E-state index contributed by atoms with van der Waals surface area (Å²) in [6, 6.07) is 6.80. The van der Waals surface area contributed by atoms with E-state index >= 15 is 0 Å². The molecule has 0 saturated heterocycles. The lowest BCUT2D eigenvalue weighted by atomic mass is 10.1. The predicted octanol–water partition coefficient (Wildman–Crippen LogP) is 2.50. The molecule has 0 aliphatic carbocycles. The molecule has 1 heterocycles. The standard InChI is InChI=1S/C17H23N5O2/c1-11(14-6-5-7-16(8-14)21-13(3)23)19-17(24)20-12(2)15-9-18-22(4)10-15/h5-12H,1-4H3,(H,21,23)(H2,19,20,24)/t11-,12-/m1/s1. The third-order valence-corrected chi connectivity index (χ3v) is 3.63. The molecule has 2 rings (SSSR count). The van der Waals surface area contributed by atoms with Gasteiger partial charge in [-0.2, -0.15) is 5.10 Å². The molecule has 2 aromatic rings. The van der Waals surface area contributed by atoms with Crippen LogP contribution in [0.3, 0.4) is 0 Å². The highest BCUT2D eigenvalue weighted by molar-refractivity contribution is 5.88. The summed E-state index contributed by atoms with van der Waals surface area (Å²) in [5.41, 5.74) is 2.55. The Labute approximate surface area is 141 Å². The molecule has 3 amide bonds. The van der Waals surface area contributed by atoms with E-state index in [0.717, 1.165) is 11.1 Å². The minimum absolute atomic E-state index is 0.129. The maximum absolute atomic E-state index is 12.2. The van der Waals surface area contributed by atoms with Gasteiger partial charge in [0.05, 0.1) is 18.3 Å². The van der Waals surface area contributed by atoms with Gasteiger partial charge in [0.2, 0.25) is 5.91 Å². The Morgan fingerprint density at radius 3 is 2.38 bits per heavy atom. The van der Waals surface area contributed by atoms with Crippen molar-refractivity contribution in [3.63, 3.8) is 0 Å². The van der Waals surface area contributed by atoms with Crippen LogP contribution < -0.4 is 16.0 Å². The van der Waals surface area contributed by atoms with Crippen LogP contribution in [0.1, 0.15) is 44.0 Å². The number of aryl methyl sites for hydroxylation is 1. The number of nitrogens with one attached hydrogen (secondary N) is 3. The van der Waals surface area contributed by atoms with Crippen molar-refractivity contribution in [2.75, 3.05) is 5.32 Å². The van der Waals surface area contributed by atoms with Gasteiger partial charge in [-0.25, -0.2) is 4.79 Å². The summed E-state index contributed by atoms with van der Waals surface area (Å²) in [6.45, 7) is 5.25. The summed E-state index contributed by atoms with van der Waals surface area (Å²) in [5, 5.41) is 12.6. The third-order valence-electron chi connectivity index (χ3n) is 3.63. The van der Waals surface area contributed by atoms with Crippen LogP contribution in [0, 0.1) is 0 Å². The quantitative estimate of drug-likeness (QED) is 0.787. The maximum atomic E-state index is 12.2. The zero-order chi connectivity index (χ0) is 17.7. The monoisotopic (exact) mass is 329 g/mol. The third kappa shape index (κ3) is 4.84. The number of urea groups is 1. The van der Waals surface area contributed by atoms with Crippen LogP contribution in [0.5, 0.6) is 0 Å². The molecule has 3 N–H and O–H groups in total. The smallest absolute Gasteiger partial charge is 0.315 e. The molecule has 2 atom stereocenters. The van der Waals surface area contributed by atoms with Crippen LogP contribution in [-0.4, -0.2) is 21.7 Å². The zero-order valence-electron chi connectivity index (χ0n) is 14.3. The summed E-state index contributed by atoms with van der Waals surface area (Å²) < 4.78 is 1.70. The van der Waals surface area contributed by atoms with Crippen LogP contribution in [-0.2, 0) is 11.8 Å². The van der Waals surface area contributed by atoms with Crippen molar-refractivity contribution in [3.05, 3.63) is 47.8 Å². The highest BCUT2D eigenvalue weighted by atomic mass is 16.2. The van der Waals surface area contributed by atoms with Crippen molar-refractivity contribution < 1.29 is 9.59 Å². The molecule has 0 radical (unpaired) electrons. The maximum Gasteiger partial charge on any atom is 0.315 e. The largest absolute Gasteiger partial charge is 0.332 e. The number of aromatic nitrogens is 2. The van der Waals surface area contributed by atoms with E-state index in [2.05, 4.69) is 21.0 Å². The fourth-order valence-electron chi connectivity index (χ4n) is 2.35. The van der Waals surface area contributed by atoms with Gasteiger partial charge in [-0.15, -0.1) is 0 Å². The first-order valence-electron chi connectivity index (χ1n) is 7.78. The molecule has 24 heavy (non-hydrogen) atoms. The SMILES string of the molecule is CC(=O)Nc1cccc([C@@H](C)NC(=O)N[C@H](C)c2cnn(C)c2)c1. The lowest BCUT2D eigenvalue weighted by Gasteiger charge is -2.18. The number of hydrogen-bond donors (Lipinski definition) is 3. The van der Waals surface area contributed by atoms with Crippen LogP contribution in [0.25, 0.3) is 0 Å². The van der Waals surface area contributed by atoms with Crippen LogP contribution in [0.2, 0.25) is 0 Å². The van der Waals surface area contributed by atoms with E-state index in [4.69, 9.17) is 0 Å². The molecule has 0 aliphatic rings. The number of nitrogens with zero attached hydrogens (tertiary/aromatic N) is 2. The number of carbonyl (C=O) groups is 2. The Balaban J connectivity index is 1.94. The topological polar surface area (TPSA) is 88.1 Å². The minimum Gasteiger partial charge on any atom is -0.332 e. The molecule has 0 spiro atoms. The Morgan fingerprint density at radius 2 is 1.79 bits per heavy atom. The number of benzene rings is 1. The first kappa shape index (κ1) is 17.5. The second-order valence-corrected chi connectivity index (χ2v) is 5.82. The molecule has 128 valence electrons. The summed E-state index contributed by atoms with van der Waals surface area (Å²) in [4.78, 5) is 23.3. The van der Waals surface area contributed by atoms with Gasteiger partial charge in [0, 0.05) is 31.4 Å². The Bertz CT molecular complexity index is 725. The zero-order valence-corrected chi connectivity index (χ0v) is 14.3. The van der Waals surface area contributed by atoms with Gasteiger partial charge in [0.1, 0.15) is 0 Å². The van der Waals surface area contributed by atoms with Crippen molar-refractivity contribution in [1.29, 1.82) is 0 Å². The van der Waals surface area contributed by atoms with E-state index in [0.29, 0.717) is 5.69 Å². The van der Waals surface area contributed by atoms with Gasteiger partial charge >= 0.3 is 6.03 Å². The van der Waals surface area contributed by atoms with Gasteiger partial charge < -0.3 is 16.0 Å². The van der Waals surface area contributed by atoms with E-state index in [-0.39, 0.29) is 24.0 Å². The van der Waals surface area contributed by atoms with Crippen molar-refractivity contribution in [3.8, 4) is 0 Å². The van der Waals surface area contributed by atoms with Gasteiger partial charge in [0.15, 0.2) is 0 Å². The molecule has 1 aromatic carbocycles. The number of rotatable bonds is 5. The molecule has 7 nitrogen and oxygen atoms in total. The molecule has 0 bridgehead atoms. The van der Waals surface area contributed by atoms with Crippen LogP contribution in [0.15, 0.2) is 36.7 Å². The van der Waals surface area contributed by atoms with E-state index in [1.807, 2.05) is 51.4 Å². The lowest BCUT2D eigenvalue weighted by Crippen LogP contribution is -2.38. The minimum atomic E-state index is -0.260. The molecule has 0 fully saturated rings. The summed E-state index contributed by atoms with van der Waals surface area (Å²) >= 11 is 0. The fourth-order valence-corrected chi connectivity index (χ4v) is 2.35. The normalized spacial score (nSPS) is 13.0. The Kier molecular flexibility index (Phi) is 5.57. The molecule has 0 unspecified atom stereocenters. The lowest BCUT2D eigenvalue weighted by molar-refractivity contribution is -0.114. The van der Waals surface area contributed by atoms with E-state index in [1.54, 1.807) is 10.9 Å². The highest BCUT2D eigenvalue weighted by Crippen LogP contribution is 2.18.